The molecule has 0 atom stereocenters. The number of aromatic nitrogens is 1. The molecule has 1 aliphatic heterocycles. The zero-order valence-electron chi connectivity index (χ0n) is 16.8. The zero-order chi connectivity index (χ0) is 21.3. The van der Waals surface area contributed by atoms with Gasteiger partial charge in [0.1, 0.15) is 5.69 Å². The fourth-order valence-corrected chi connectivity index (χ4v) is 5.89. The van der Waals surface area contributed by atoms with Gasteiger partial charge in [0, 0.05) is 36.7 Å². The lowest BCUT2D eigenvalue weighted by Crippen LogP contribution is -2.32. The van der Waals surface area contributed by atoms with E-state index in [-0.39, 0.29) is 10.8 Å². The van der Waals surface area contributed by atoms with E-state index in [1.807, 2.05) is 24.3 Å². The Morgan fingerprint density at radius 1 is 1.00 bits per heavy atom. The van der Waals surface area contributed by atoms with E-state index in [2.05, 4.69) is 5.32 Å². The van der Waals surface area contributed by atoms with E-state index < -0.39 is 10.0 Å². The van der Waals surface area contributed by atoms with Crippen LogP contribution in [0.4, 0.5) is 5.69 Å². The molecule has 6 nitrogen and oxygen atoms in total. The van der Waals surface area contributed by atoms with Gasteiger partial charge >= 0.3 is 0 Å². The molecule has 0 unspecified atom stereocenters. The Hall–Kier alpha value is -2.35. The lowest BCUT2D eigenvalue weighted by atomic mass is 10.2. The Balaban J connectivity index is 1.62. The molecule has 0 aliphatic carbocycles. The number of carbonyl (C=O) groups excluding carboxylic acids is 1. The zero-order valence-corrected chi connectivity index (χ0v) is 18.3. The number of nitrogens with zero attached hydrogens (tertiary/aromatic N) is 2. The van der Waals surface area contributed by atoms with Crippen LogP contribution in [0.2, 0.25) is 5.02 Å². The summed E-state index contributed by atoms with van der Waals surface area (Å²) in [6.45, 7) is 1.06. The Morgan fingerprint density at radius 3 is 2.40 bits per heavy atom. The van der Waals surface area contributed by atoms with Crippen molar-refractivity contribution in [2.24, 2.45) is 7.05 Å². The predicted octanol–water partition coefficient (Wildman–Crippen LogP) is 4.65. The summed E-state index contributed by atoms with van der Waals surface area (Å²) < 4.78 is 29.4. The number of nitrogens with one attached hydrogen (secondary N) is 1. The van der Waals surface area contributed by atoms with Crippen LogP contribution in [0.3, 0.4) is 0 Å². The van der Waals surface area contributed by atoms with Gasteiger partial charge < -0.3 is 9.88 Å². The minimum absolute atomic E-state index is 0.185. The number of halogens is 1. The fourth-order valence-electron chi connectivity index (χ4n) is 3.95. The van der Waals surface area contributed by atoms with Gasteiger partial charge in [-0.05, 0) is 37.1 Å². The normalized spacial score (nSPS) is 15.8. The molecule has 2 heterocycles. The van der Waals surface area contributed by atoms with Crippen molar-refractivity contribution in [2.75, 3.05) is 18.4 Å². The molecule has 3 aromatic rings. The van der Waals surface area contributed by atoms with Gasteiger partial charge in [-0.25, -0.2) is 8.42 Å². The second kappa shape index (κ2) is 8.41. The number of sulfonamides is 1. The molecule has 0 radical (unpaired) electrons. The number of amides is 1. The molecule has 1 aromatic heterocycles. The first-order valence-electron chi connectivity index (χ1n) is 10.0. The number of para-hydroxylation sites is 1. The number of aryl methyl sites for hydroxylation is 1. The third-order valence-electron chi connectivity index (χ3n) is 5.55. The molecule has 30 heavy (non-hydrogen) atoms. The lowest BCUT2D eigenvalue weighted by Gasteiger charge is -2.20. The highest BCUT2D eigenvalue weighted by Crippen LogP contribution is 2.30. The molecular formula is C22H24ClN3O3S. The van der Waals surface area contributed by atoms with Crippen molar-refractivity contribution in [3.8, 4) is 0 Å². The van der Waals surface area contributed by atoms with Gasteiger partial charge in [-0.3, -0.25) is 4.79 Å². The lowest BCUT2D eigenvalue weighted by molar-refractivity contribution is 0.102. The molecular weight excluding hydrogens is 422 g/mol. The van der Waals surface area contributed by atoms with E-state index in [4.69, 9.17) is 11.6 Å². The van der Waals surface area contributed by atoms with E-state index in [1.165, 1.54) is 6.07 Å². The molecule has 0 spiro atoms. The number of benzene rings is 2. The maximum absolute atomic E-state index is 13.1. The van der Waals surface area contributed by atoms with Crippen LogP contribution in [-0.2, 0) is 17.1 Å². The Labute approximate surface area is 181 Å². The number of carbonyl (C=O) groups is 1. The molecule has 1 fully saturated rings. The van der Waals surface area contributed by atoms with Crippen molar-refractivity contribution in [1.29, 1.82) is 0 Å². The largest absolute Gasteiger partial charge is 0.338 e. The van der Waals surface area contributed by atoms with Gasteiger partial charge in [0.05, 0.1) is 9.92 Å². The van der Waals surface area contributed by atoms with Crippen LogP contribution in [-0.4, -0.2) is 36.3 Å². The van der Waals surface area contributed by atoms with Gasteiger partial charge in [0.15, 0.2) is 0 Å². The summed E-state index contributed by atoms with van der Waals surface area (Å²) in [5, 5.41) is 3.97. The molecule has 1 N–H and O–H groups in total. The van der Waals surface area contributed by atoms with Gasteiger partial charge in [-0.15, -0.1) is 0 Å². The average Bonchev–Trinajstić information content (AvgIpc) is 2.92. The molecule has 2 aromatic carbocycles. The third kappa shape index (κ3) is 3.85. The van der Waals surface area contributed by atoms with Crippen molar-refractivity contribution < 1.29 is 13.2 Å². The van der Waals surface area contributed by atoms with Crippen LogP contribution in [0.25, 0.3) is 10.9 Å². The number of hydrogen-bond acceptors (Lipinski definition) is 3. The molecule has 1 amide bonds. The standard InChI is InChI=1S/C22H24ClN3O3S/c1-25-19-12-5-4-11-18(19)20(23)21(25)22(27)24-16-9-8-10-17(15-16)30(28,29)26-13-6-2-3-7-14-26/h4-5,8-12,15H,2-3,6-7,13-14H2,1H3,(H,24,27). The highest BCUT2D eigenvalue weighted by atomic mass is 35.5. The third-order valence-corrected chi connectivity index (χ3v) is 7.83. The van der Waals surface area contributed by atoms with Crippen LogP contribution in [0.15, 0.2) is 53.4 Å². The Kier molecular flexibility index (Phi) is 5.86. The summed E-state index contributed by atoms with van der Waals surface area (Å²) in [6, 6.07) is 13.9. The van der Waals surface area contributed by atoms with E-state index in [9.17, 15) is 13.2 Å². The van der Waals surface area contributed by atoms with Crippen molar-refractivity contribution >= 4 is 44.1 Å². The molecule has 1 saturated heterocycles. The first-order chi connectivity index (χ1) is 14.4. The molecule has 8 heteroatoms. The van der Waals surface area contributed by atoms with Gasteiger partial charge in [0.2, 0.25) is 10.0 Å². The van der Waals surface area contributed by atoms with Crippen LogP contribution in [0, 0.1) is 0 Å². The summed E-state index contributed by atoms with van der Waals surface area (Å²) in [6.07, 6.45) is 3.84. The Morgan fingerprint density at radius 2 is 1.70 bits per heavy atom. The minimum atomic E-state index is -3.59. The Bertz CT molecular complexity index is 1160. The summed E-state index contributed by atoms with van der Waals surface area (Å²) >= 11 is 6.46. The van der Waals surface area contributed by atoms with Crippen LogP contribution in [0.1, 0.15) is 36.2 Å². The topological polar surface area (TPSA) is 71.4 Å². The number of rotatable bonds is 4. The average molecular weight is 446 g/mol. The quantitative estimate of drug-likeness (QED) is 0.635. The summed E-state index contributed by atoms with van der Waals surface area (Å²) in [7, 11) is -1.81. The highest BCUT2D eigenvalue weighted by Gasteiger charge is 2.26. The monoisotopic (exact) mass is 445 g/mol. The number of hydrogen-bond donors (Lipinski definition) is 1. The summed E-state index contributed by atoms with van der Waals surface area (Å²) in [5.41, 5.74) is 1.60. The first-order valence-corrected chi connectivity index (χ1v) is 11.9. The van der Waals surface area contributed by atoms with Crippen LogP contribution < -0.4 is 5.32 Å². The van der Waals surface area contributed by atoms with Crippen LogP contribution in [0.5, 0.6) is 0 Å². The maximum Gasteiger partial charge on any atom is 0.273 e. The van der Waals surface area contributed by atoms with E-state index in [0.717, 1.165) is 36.6 Å². The molecule has 4 rings (SSSR count). The minimum Gasteiger partial charge on any atom is -0.338 e. The second-order valence-corrected chi connectivity index (χ2v) is 9.85. The van der Waals surface area contributed by atoms with E-state index in [0.29, 0.717) is 29.5 Å². The van der Waals surface area contributed by atoms with E-state index in [1.54, 1.807) is 34.1 Å². The number of fused-ring (bicyclic) bond motifs is 1. The molecule has 1 aliphatic rings. The molecule has 0 bridgehead atoms. The maximum atomic E-state index is 13.1. The molecule has 158 valence electrons. The van der Waals surface area contributed by atoms with Crippen LogP contribution >= 0.6 is 11.6 Å². The smallest absolute Gasteiger partial charge is 0.273 e. The van der Waals surface area contributed by atoms with Crippen molar-refractivity contribution in [3.05, 3.63) is 59.2 Å². The van der Waals surface area contributed by atoms with Gasteiger partial charge in [-0.1, -0.05) is 48.7 Å². The van der Waals surface area contributed by atoms with Crippen molar-refractivity contribution in [2.45, 2.75) is 30.6 Å². The number of anilines is 1. The van der Waals surface area contributed by atoms with Crippen molar-refractivity contribution in [1.82, 2.24) is 8.87 Å². The van der Waals surface area contributed by atoms with Gasteiger partial charge in [0.25, 0.3) is 5.91 Å². The predicted molar refractivity (Wildman–Crippen MR) is 120 cm³/mol. The summed E-state index contributed by atoms with van der Waals surface area (Å²) in [5.74, 6) is -0.386. The van der Waals surface area contributed by atoms with Gasteiger partial charge in [-0.2, -0.15) is 4.31 Å². The summed E-state index contributed by atoms with van der Waals surface area (Å²) in [4.78, 5) is 13.1. The highest BCUT2D eigenvalue weighted by molar-refractivity contribution is 7.89. The second-order valence-electron chi connectivity index (χ2n) is 7.54. The first kappa shape index (κ1) is 20.9. The fraction of sp³-hybridized carbons (Fsp3) is 0.318. The van der Waals surface area contributed by atoms with Crippen molar-refractivity contribution in [3.63, 3.8) is 0 Å². The van der Waals surface area contributed by atoms with E-state index >= 15 is 0 Å². The SMILES string of the molecule is Cn1c(C(=O)Nc2cccc(S(=O)(=O)N3CCCCCC3)c2)c(Cl)c2ccccc21. The molecule has 0 saturated carbocycles.